The van der Waals surface area contributed by atoms with E-state index in [9.17, 15) is 0 Å². The molecule has 0 aliphatic carbocycles. The van der Waals surface area contributed by atoms with Crippen molar-refractivity contribution >= 4 is 11.8 Å². The summed E-state index contributed by atoms with van der Waals surface area (Å²) >= 11 is 1.92. The Morgan fingerprint density at radius 3 is 2.25 bits per heavy atom. The van der Waals surface area contributed by atoms with Gasteiger partial charge in [-0.1, -0.05) is 26.0 Å². The quantitative estimate of drug-likeness (QED) is 0.740. The first-order valence-corrected chi connectivity index (χ1v) is 6.92. The molecule has 0 aliphatic heterocycles. The van der Waals surface area contributed by atoms with Crippen LogP contribution in [0.2, 0.25) is 0 Å². The SMILES string of the molecule is CCN(CC)CCSc1ccc(CN)cc1. The molecule has 1 rings (SSSR count). The third-order valence-corrected chi connectivity index (χ3v) is 3.72. The molecule has 2 N–H and O–H groups in total. The molecule has 0 amide bonds. The van der Waals surface area contributed by atoms with E-state index in [2.05, 4.69) is 43.0 Å². The Labute approximate surface area is 103 Å². The van der Waals surface area contributed by atoms with Crippen molar-refractivity contribution in [2.45, 2.75) is 25.3 Å². The molecule has 0 aromatic heterocycles. The minimum Gasteiger partial charge on any atom is -0.326 e. The number of benzene rings is 1. The highest BCUT2D eigenvalue weighted by atomic mass is 32.2. The zero-order valence-electron chi connectivity index (χ0n) is 10.3. The molecule has 0 spiro atoms. The molecular weight excluding hydrogens is 216 g/mol. The average Bonchev–Trinajstić information content (AvgIpc) is 2.35. The Hall–Kier alpha value is -0.510. The maximum Gasteiger partial charge on any atom is 0.0178 e. The van der Waals surface area contributed by atoms with E-state index in [4.69, 9.17) is 5.73 Å². The summed E-state index contributed by atoms with van der Waals surface area (Å²) in [4.78, 5) is 3.78. The van der Waals surface area contributed by atoms with Crippen LogP contribution >= 0.6 is 11.8 Å². The van der Waals surface area contributed by atoms with Crippen LogP contribution in [-0.4, -0.2) is 30.3 Å². The summed E-state index contributed by atoms with van der Waals surface area (Å²) in [5.41, 5.74) is 6.76. The highest BCUT2D eigenvalue weighted by Gasteiger charge is 1.99. The van der Waals surface area contributed by atoms with Crippen LogP contribution in [0.15, 0.2) is 29.2 Å². The molecule has 0 aliphatic rings. The Balaban J connectivity index is 2.31. The summed E-state index contributed by atoms with van der Waals surface area (Å²) in [5.74, 6) is 1.16. The van der Waals surface area contributed by atoms with E-state index in [0.29, 0.717) is 6.54 Å². The standard InChI is InChI=1S/C13H22N2S/c1-3-15(4-2)9-10-16-13-7-5-12(11-14)6-8-13/h5-8H,3-4,9-11,14H2,1-2H3. The molecule has 16 heavy (non-hydrogen) atoms. The van der Waals surface area contributed by atoms with Crippen molar-refractivity contribution in [2.75, 3.05) is 25.4 Å². The van der Waals surface area contributed by atoms with Crippen molar-refractivity contribution in [3.63, 3.8) is 0 Å². The molecule has 1 aromatic rings. The first-order chi connectivity index (χ1) is 7.80. The number of hydrogen-bond donors (Lipinski definition) is 1. The fourth-order valence-corrected chi connectivity index (χ4v) is 2.47. The van der Waals surface area contributed by atoms with E-state index >= 15 is 0 Å². The maximum atomic E-state index is 5.56. The van der Waals surface area contributed by atoms with Gasteiger partial charge in [0.15, 0.2) is 0 Å². The normalized spacial score (nSPS) is 11.0. The highest BCUT2D eigenvalue weighted by Crippen LogP contribution is 2.18. The van der Waals surface area contributed by atoms with Gasteiger partial charge in [-0.2, -0.15) is 0 Å². The second-order valence-electron chi connectivity index (χ2n) is 3.72. The third-order valence-electron chi connectivity index (χ3n) is 2.73. The fraction of sp³-hybridized carbons (Fsp3) is 0.538. The predicted octanol–water partition coefficient (Wildman–Crippen LogP) is 2.58. The lowest BCUT2D eigenvalue weighted by molar-refractivity contribution is 0.324. The molecule has 0 saturated carbocycles. The van der Waals surface area contributed by atoms with Crippen LogP contribution in [0.25, 0.3) is 0 Å². The largest absolute Gasteiger partial charge is 0.326 e. The number of thioether (sulfide) groups is 1. The van der Waals surface area contributed by atoms with Gasteiger partial charge in [0.1, 0.15) is 0 Å². The molecule has 0 unspecified atom stereocenters. The van der Waals surface area contributed by atoms with Gasteiger partial charge >= 0.3 is 0 Å². The Morgan fingerprint density at radius 1 is 1.12 bits per heavy atom. The average molecular weight is 238 g/mol. The molecular formula is C13H22N2S. The summed E-state index contributed by atoms with van der Waals surface area (Å²) in [6.07, 6.45) is 0. The molecule has 1 aromatic carbocycles. The van der Waals surface area contributed by atoms with Crippen LogP contribution in [0.3, 0.4) is 0 Å². The van der Waals surface area contributed by atoms with Crippen molar-refractivity contribution in [1.82, 2.24) is 4.90 Å². The molecule has 0 atom stereocenters. The topological polar surface area (TPSA) is 29.3 Å². The van der Waals surface area contributed by atoms with Crippen LogP contribution in [0.5, 0.6) is 0 Å². The van der Waals surface area contributed by atoms with Crippen LogP contribution in [0.4, 0.5) is 0 Å². The van der Waals surface area contributed by atoms with Crippen molar-refractivity contribution in [3.8, 4) is 0 Å². The van der Waals surface area contributed by atoms with Crippen molar-refractivity contribution < 1.29 is 0 Å². The van der Waals surface area contributed by atoms with Gasteiger partial charge < -0.3 is 10.6 Å². The maximum absolute atomic E-state index is 5.56. The summed E-state index contributed by atoms with van der Waals surface area (Å²) in [6.45, 7) is 8.50. The van der Waals surface area contributed by atoms with Gasteiger partial charge in [0.25, 0.3) is 0 Å². The minimum absolute atomic E-state index is 0.629. The van der Waals surface area contributed by atoms with E-state index in [0.717, 1.165) is 25.4 Å². The van der Waals surface area contributed by atoms with E-state index in [1.54, 1.807) is 0 Å². The van der Waals surface area contributed by atoms with Crippen LogP contribution in [0.1, 0.15) is 19.4 Å². The molecule has 2 nitrogen and oxygen atoms in total. The molecule has 0 fully saturated rings. The zero-order chi connectivity index (χ0) is 11.8. The van der Waals surface area contributed by atoms with Gasteiger partial charge in [-0.15, -0.1) is 11.8 Å². The fourth-order valence-electron chi connectivity index (χ4n) is 1.55. The number of nitrogens with two attached hydrogens (primary N) is 1. The minimum atomic E-state index is 0.629. The van der Waals surface area contributed by atoms with Crippen molar-refractivity contribution in [1.29, 1.82) is 0 Å². The van der Waals surface area contributed by atoms with Gasteiger partial charge in [0.2, 0.25) is 0 Å². The van der Waals surface area contributed by atoms with Crippen molar-refractivity contribution in [2.24, 2.45) is 5.73 Å². The molecule has 3 heteroatoms. The van der Waals surface area contributed by atoms with Crippen LogP contribution in [-0.2, 0) is 6.54 Å². The van der Waals surface area contributed by atoms with Gasteiger partial charge in [-0.25, -0.2) is 0 Å². The summed E-state index contributed by atoms with van der Waals surface area (Å²) in [6, 6.07) is 8.55. The van der Waals surface area contributed by atoms with Gasteiger partial charge in [-0.3, -0.25) is 0 Å². The van der Waals surface area contributed by atoms with E-state index in [1.165, 1.54) is 10.5 Å². The lowest BCUT2D eigenvalue weighted by Gasteiger charge is -2.17. The van der Waals surface area contributed by atoms with Gasteiger partial charge in [0, 0.05) is 23.7 Å². The van der Waals surface area contributed by atoms with E-state index < -0.39 is 0 Å². The van der Waals surface area contributed by atoms with Crippen LogP contribution in [0, 0.1) is 0 Å². The van der Waals surface area contributed by atoms with Gasteiger partial charge in [-0.05, 0) is 30.8 Å². The number of rotatable bonds is 7. The van der Waals surface area contributed by atoms with Crippen molar-refractivity contribution in [3.05, 3.63) is 29.8 Å². The monoisotopic (exact) mass is 238 g/mol. The molecule has 0 radical (unpaired) electrons. The predicted molar refractivity (Wildman–Crippen MR) is 72.8 cm³/mol. The number of nitrogens with zero attached hydrogens (tertiary/aromatic N) is 1. The van der Waals surface area contributed by atoms with E-state index in [1.807, 2.05) is 11.8 Å². The third kappa shape index (κ3) is 4.56. The Bertz CT molecular complexity index is 280. The first-order valence-electron chi connectivity index (χ1n) is 5.94. The Kier molecular flexibility index (Phi) is 6.53. The number of hydrogen-bond acceptors (Lipinski definition) is 3. The van der Waals surface area contributed by atoms with Crippen LogP contribution < -0.4 is 5.73 Å². The highest BCUT2D eigenvalue weighted by molar-refractivity contribution is 7.99. The molecule has 0 heterocycles. The molecule has 0 bridgehead atoms. The molecule has 90 valence electrons. The lowest BCUT2D eigenvalue weighted by Crippen LogP contribution is -2.25. The second-order valence-corrected chi connectivity index (χ2v) is 4.89. The second kappa shape index (κ2) is 7.71. The summed E-state index contributed by atoms with van der Waals surface area (Å²) in [7, 11) is 0. The summed E-state index contributed by atoms with van der Waals surface area (Å²) < 4.78 is 0. The first kappa shape index (κ1) is 13.6. The summed E-state index contributed by atoms with van der Waals surface area (Å²) in [5, 5.41) is 0. The smallest absolute Gasteiger partial charge is 0.0178 e. The molecule has 0 saturated heterocycles. The Morgan fingerprint density at radius 2 is 1.75 bits per heavy atom. The zero-order valence-corrected chi connectivity index (χ0v) is 11.1. The lowest BCUT2D eigenvalue weighted by atomic mass is 10.2. The van der Waals surface area contributed by atoms with Gasteiger partial charge in [0.05, 0.1) is 0 Å². The van der Waals surface area contributed by atoms with E-state index in [-0.39, 0.29) is 0 Å².